The fourth-order valence-electron chi connectivity index (χ4n) is 1.68. The molecule has 0 fully saturated rings. The van der Waals surface area contributed by atoms with Crippen LogP contribution in [0.1, 0.15) is 43.6 Å². The van der Waals surface area contributed by atoms with E-state index in [-0.39, 0.29) is 6.07 Å². The molecule has 0 amide bonds. The number of hydrogen-bond acceptors (Lipinski definition) is 1. The molecule has 1 N–H and O–H groups in total. The van der Waals surface area contributed by atoms with Gasteiger partial charge in [0, 0.05) is 0 Å². The van der Waals surface area contributed by atoms with Gasteiger partial charge in [-0.1, -0.05) is 26.8 Å². The molecule has 1 aromatic carbocycles. The quantitative estimate of drug-likeness (QED) is 0.738. The van der Waals surface area contributed by atoms with Gasteiger partial charge in [-0.05, 0) is 23.1 Å². The first-order valence-corrected chi connectivity index (χ1v) is 5.71. The van der Waals surface area contributed by atoms with E-state index in [4.69, 9.17) is 0 Å². The van der Waals surface area contributed by atoms with Gasteiger partial charge in [0.1, 0.15) is 0 Å². The molecule has 0 aromatic heterocycles. The molecule has 0 aliphatic heterocycles. The van der Waals surface area contributed by atoms with Crippen LogP contribution < -0.4 is 0 Å². The molecule has 7 heteroatoms. The highest BCUT2D eigenvalue weighted by molar-refractivity contribution is 5.37. The third-order valence-electron chi connectivity index (χ3n) is 2.80. The van der Waals surface area contributed by atoms with E-state index in [1.807, 2.05) is 0 Å². The van der Waals surface area contributed by atoms with Crippen LogP contribution in [0, 0.1) is 5.41 Å². The van der Waals surface area contributed by atoms with Crippen LogP contribution in [0.4, 0.5) is 26.3 Å². The second-order valence-electron chi connectivity index (χ2n) is 5.57. The van der Waals surface area contributed by atoms with Crippen molar-refractivity contribution in [2.24, 2.45) is 5.41 Å². The summed E-state index contributed by atoms with van der Waals surface area (Å²) in [5, 5.41) is 9.91. The molecular weight excluding hydrogens is 286 g/mol. The van der Waals surface area contributed by atoms with Crippen LogP contribution in [0.2, 0.25) is 0 Å². The summed E-state index contributed by atoms with van der Waals surface area (Å²) in [4.78, 5) is 0. The van der Waals surface area contributed by atoms with Gasteiger partial charge in [0.15, 0.2) is 0 Å². The molecule has 1 nitrogen and oxygen atoms in total. The summed E-state index contributed by atoms with van der Waals surface area (Å²) >= 11 is 0. The molecule has 0 aliphatic carbocycles. The molecule has 0 saturated carbocycles. The maximum atomic E-state index is 12.9. The summed E-state index contributed by atoms with van der Waals surface area (Å²) in [6.45, 7) is 4.49. The monoisotopic (exact) mass is 300 g/mol. The van der Waals surface area contributed by atoms with Crippen molar-refractivity contribution in [3.8, 4) is 0 Å². The van der Waals surface area contributed by atoms with E-state index in [0.717, 1.165) is 0 Å². The molecule has 1 atom stereocenters. The standard InChI is InChI=1S/C13H14F6O/c1-11(2,3)10(20)8-5-4-7(12(14,15)16)6-9(8)13(17,18)19/h4-6,10,20H,1-3H3. The predicted octanol–water partition coefficient (Wildman–Crippen LogP) is 4.80. The number of hydrogen-bond donors (Lipinski definition) is 1. The van der Waals surface area contributed by atoms with Gasteiger partial charge >= 0.3 is 12.4 Å². The van der Waals surface area contributed by atoms with Crippen molar-refractivity contribution < 1.29 is 31.4 Å². The smallest absolute Gasteiger partial charge is 0.388 e. The van der Waals surface area contributed by atoms with Crippen molar-refractivity contribution in [1.29, 1.82) is 0 Å². The van der Waals surface area contributed by atoms with Crippen molar-refractivity contribution in [2.75, 3.05) is 0 Å². The number of benzene rings is 1. The minimum atomic E-state index is -4.97. The fraction of sp³-hybridized carbons (Fsp3) is 0.538. The maximum absolute atomic E-state index is 12.9. The summed E-state index contributed by atoms with van der Waals surface area (Å²) in [7, 11) is 0. The van der Waals surface area contributed by atoms with Crippen LogP contribution in [-0.2, 0) is 12.4 Å². The van der Waals surface area contributed by atoms with Gasteiger partial charge in [0.25, 0.3) is 0 Å². The minimum Gasteiger partial charge on any atom is -0.388 e. The second-order valence-corrected chi connectivity index (χ2v) is 5.57. The summed E-state index contributed by atoms with van der Waals surface area (Å²) in [5.74, 6) is 0. The van der Waals surface area contributed by atoms with Crippen molar-refractivity contribution in [2.45, 2.75) is 39.2 Å². The van der Waals surface area contributed by atoms with Crippen LogP contribution in [-0.4, -0.2) is 5.11 Å². The first-order chi connectivity index (χ1) is 8.74. The van der Waals surface area contributed by atoms with Crippen LogP contribution in [0.5, 0.6) is 0 Å². The van der Waals surface area contributed by atoms with E-state index >= 15 is 0 Å². The Morgan fingerprint density at radius 1 is 0.900 bits per heavy atom. The molecular formula is C13H14F6O. The number of aliphatic hydroxyl groups excluding tert-OH is 1. The zero-order chi connectivity index (χ0) is 15.9. The maximum Gasteiger partial charge on any atom is 0.416 e. The topological polar surface area (TPSA) is 20.2 Å². The number of rotatable bonds is 1. The Kier molecular flexibility index (Phi) is 4.16. The summed E-state index contributed by atoms with van der Waals surface area (Å²) in [6, 6.07) is 1.26. The molecule has 0 heterocycles. The summed E-state index contributed by atoms with van der Waals surface area (Å²) < 4.78 is 76.1. The lowest BCUT2D eigenvalue weighted by molar-refractivity contribution is -0.144. The third kappa shape index (κ3) is 3.65. The van der Waals surface area contributed by atoms with E-state index in [1.165, 1.54) is 20.8 Å². The zero-order valence-corrected chi connectivity index (χ0v) is 11.0. The van der Waals surface area contributed by atoms with Crippen LogP contribution in [0.3, 0.4) is 0 Å². The van der Waals surface area contributed by atoms with Gasteiger partial charge < -0.3 is 5.11 Å². The average Bonchev–Trinajstić information content (AvgIpc) is 2.23. The Bertz CT molecular complexity index is 481. The lowest BCUT2D eigenvalue weighted by Gasteiger charge is -2.28. The fourth-order valence-corrected chi connectivity index (χ4v) is 1.68. The first kappa shape index (κ1) is 16.8. The molecule has 0 aliphatic rings. The van der Waals surface area contributed by atoms with Crippen molar-refractivity contribution >= 4 is 0 Å². The highest BCUT2D eigenvalue weighted by atomic mass is 19.4. The first-order valence-electron chi connectivity index (χ1n) is 5.71. The van der Waals surface area contributed by atoms with Crippen molar-refractivity contribution in [1.82, 2.24) is 0 Å². The van der Waals surface area contributed by atoms with Gasteiger partial charge in [0.05, 0.1) is 17.2 Å². The molecule has 0 spiro atoms. The molecule has 1 aromatic rings. The Labute approximate surface area is 112 Å². The number of alkyl halides is 6. The van der Waals surface area contributed by atoms with Crippen LogP contribution in [0.25, 0.3) is 0 Å². The van der Waals surface area contributed by atoms with Crippen molar-refractivity contribution in [3.05, 3.63) is 34.9 Å². The lowest BCUT2D eigenvalue weighted by atomic mass is 9.82. The molecule has 0 saturated heterocycles. The number of halogens is 6. The average molecular weight is 300 g/mol. The molecule has 114 valence electrons. The second kappa shape index (κ2) is 4.95. The zero-order valence-electron chi connectivity index (χ0n) is 11.0. The van der Waals surface area contributed by atoms with Gasteiger partial charge in [-0.2, -0.15) is 26.3 Å². The molecule has 1 unspecified atom stereocenters. The number of aliphatic hydroxyl groups is 1. The van der Waals surface area contributed by atoms with E-state index in [1.54, 1.807) is 0 Å². The van der Waals surface area contributed by atoms with Gasteiger partial charge in [-0.15, -0.1) is 0 Å². The van der Waals surface area contributed by atoms with E-state index in [0.29, 0.717) is 12.1 Å². The summed E-state index contributed by atoms with van der Waals surface area (Å²) in [6.07, 6.45) is -11.4. The van der Waals surface area contributed by atoms with E-state index in [2.05, 4.69) is 0 Å². The SMILES string of the molecule is CC(C)(C)C(O)c1ccc(C(F)(F)F)cc1C(F)(F)F. The Balaban J connectivity index is 3.48. The molecule has 0 radical (unpaired) electrons. The summed E-state index contributed by atoms with van der Waals surface area (Å²) in [5.41, 5.74) is -4.35. The highest BCUT2D eigenvalue weighted by Crippen LogP contribution is 2.42. The normalized spacial score (nSPS) is 15.3. The van der Waals surface area contributed by atoms with Crippen LogP contribution >= 0.6 is 0 Å². The molecule has 20 heavy (non-hydrogen) atoms. The van der Waals surface area contributed by atoms with Crippen molar-refractivity contribution in [3.63, 3.8) is 0 Å². The molecule has 1 rings (SSSR count). The Morgan fingerprint density at radius 3 is 1.75 bits per heavy atom. The van der Waals surface area contributed by atoms with Gasteiger partial charge in [0.2, 0.25) is 0 Å². The van der Waals surface area contributed by atoms with Crippen LogP contribution in [0.15, 0.2) is 18.2 Å². The van der Waals surface area contributed by atoms with E-state index in [9.17, 15) is 31.4 Å². The lowest BCUT2D eigenvalue weighted by Crippen LogP contribution is -2.22. The molecule has 0 bridgehead atoms. The Hall–Kier alpha value is -1.24. The van der Waals surface area contributed by atoms with E-state index < -0.39 is 40.6 Å². The third-order valence-corrected chi connectivity index (χ3v) is 2.80. The Morgan fingerprint density at radius 2 is 1.40 bits per heavy atom. The minimum absolute atomic E-state index is 0.0320. The predicted molar refractivity (Wildman–Crippen MR) is 60.9 cm³/mol. The highest BCUT2D eigenvalue weighted by Gasteiger charge is 2.40. The van der Waals surface area contributed by atoms with Gasteiger partial charge in [-0.25, -0.2) is 0 Å². The largest absolute Gasteiger partial charge is 0.416 e. The van der Waals surface area contributed by atoms with Gasteiger partial charge in [-0.3, -0.25) is 0 Å².